The summed E-state index contributed by atoms with van der Waals surface area (Å²) >= 11 is 13.9. The van der Waals surface area contributed by atoms with E-state index < -0.39 is 6.04 Å². The van der Waals surface area contributed by atoms with Crippen LogP contribution in [0.3, 0.4) is 0 Å². The number of nitrogens with one attached hydrogen (secondary N) is 1. The molecule has 0 bridgehead atoms. The monoisotopic (exact) mass is 568 g/mol. The Bertz CT molecular complexity index is 1180. The first-order chi connectivity index (χ1) is 18.5. The van der Waals surface area contributed by atoms with Gasteiger partial charge in [-0.1, -0.05) is 84.9 Å². The van der Waals surface area contributed by atoms with Crippen LogP contribution in [-0.2, 0) is 22.6 Å². The molecule has 1 aliphatic carbocycles. The van der Waals surface area contributed by atoms with Crippen LogP contribution in [0.1, 0.15) is 49.7 Å². The molecule has 0 saturated heterocycles. The van der Waals surface area contributed by atoms with Gasteiger partial charge in [0.05, 0.1) is 0 Å². The number of thioether (sulfide) groups is 1. The Labute approximate surface area is 240 Å². The maximum absolute atomic E-state index is 13.8. The Kier molecular flexibility index (Phi) is 11.0. The van der Waals surface area contributed by atoms with Crippen LogP contribution in [0.5, 0.6) is 0 Å². The van der Waals surface area contributed by atoms with Gasteiger partial charge in [0.2, 0.25) is 11.8 Å². The van der Waals surface area contributed by atoms with Crippen molar-refractivity contribution in [3.63, 3.8) is 0 Å². The van der Waals surface area contributed by atoms with Crippen LogP contribution >= 0.6 is 35.0 Å². The number of rotatable bonds is 11. The molecule has 3 aromatic carbocycles. The molecule has 38 heavy (non-hydrogen) atoms. The zero-order chi connectivity index (χ0) is 26.7. The fourth-order valence-corrected chi connectivity index (χ4v) is 6.04. The van der Waals surface area contributed by atoms with Crippen LogP contribution in [0.15, 0.2) is 83.8 Å². The number of hydrogen-bond acceptors (Lipinski definition) is 3. The quantitative estimate of drug-likeness (QED) is 0.243. The van der Waals surface area contributed by atoms with Gasteiger partial charge in [0.1, 0.15) is 6.04 Å². The minimum Gasteiger partial charge on any atom is -0.352 e. The van der Waals surface area contributed by atoms with Crippen LogP contribution in [0.4, 0.5) is 0 Å². The summed E-state index contributed by atoms with van der Waals surface area (Å²) in [7, 11) is 0. The van der Waals surface area contributed by atoms with Gasteiger partial charge in [0.25, 0.3) is 0 Å². The van der Waals surface area contributed by atoms with Crippen molar-refractivity contribution < 1.29 is 9.59 Å². The number of carbonyl (C=O) groups excluding carboxylic acids is 2. The summed E-state index contributed by atoms with van der Waals surface area (Å²) in [5, 5.41) is 4.58. The highest BCUT2D eigenvalue weighted by Crippen LogP contribution is 2.24. The highest BCUT2D eigenvalue weighted by molar-refractivity contribution is 7.99. The summed E-state index contributed by atoms with van der Waals surface area (Å²) in [5.41, 5.74) is 1.93. The van der Waals surface area contributed by atoms with Crippen molar-refractivity contribution in [2.75, 3.05) is 5.75 Å². The van der Waals surface area contributed by atoms with Crippen LogP contribution in [0.2, 0.25) is 10.0 Å². The largest absolute Gasteiger partial charge is 0.352 e. The molecule has 0 radical (unpaired) electrons. The van der Waals surface area contributed by atoms with Crippen molar-refractivity contribution >= 4 is 46.8 Å². The molecule has 3 aromatic rings. The summed E-state index contributed by atoms with van der Waals surface area (Å²) in [5.74, 6) is 0.474. The second-order valence-electron chi connectivity index (χ2n) is 9.75. The fraction of sp³-hybridized carbons (Fsp3) is 0.355. The number of benzene rings is 3. The minimum absolute atomic E-state index is 0.0498. The van der Waals surface area contributed by atoms with E-state index in [1.54, 1.807) is 16.7 Å². The number of hydrogen-bond donors (Lipinski definition) is 1. The van der Waals surface area contributed by atoms with Crippen molar-refractivity contribution in [2.24, 2.45) is 0 Å². The number of carbonyl (C=O) groups is 2. The van der Waals surface area contributed by atoms with E-state index >= 15 is 0 Å². The van der Waals surface area contributed by atoms with Gasteiger partial charge in [-0.3, -0.25) is 9.59 Å². The van der Waals surface area contributed by atoms with E-state index in [0.717, 1.165) is 41.7 Å². The lowest BCUT2D eigenvalue weighted by atomic mass is 9.94. The van der Waals surface area contributed by atoms with E-state index in [0.29, 0.717) is 35.2 Å². The molecule has 200 valence electrons. The third kappa shape index (κ3) is 8.79. The molecule has 1 atom stereocenters. The first-order valence-electron chi connectivity index (χ1n) is 13.2. The second kappa shape index (κ2) is 14.6. The second-order valence-corrected chi connectivity index (χ2v) is 11.8. The van der Waals surface area contributed by atoms with E-state index in [4.69, 9.17) is 23.2 Å². The van der Waals surface area contributed by atoms with E-state index in [2.05, 4.69) is 5.32 Å². The summed E-state index contributed by atoms with van der Waals surface area (Å²) in [6, 6.07) is 24.6. The Morgan fingerprint density at radius 2 is 1.58 bits per heavy atom. The van der Waals surface area contributed by atoms with E-state index in [9.17, 15) is 9.59 Å². The lowest BCUT2D eigenvalue weighted by Gasteiger charge is -2.33. The predicted octanol–water partition coefficient (Wildman–Crippen LogP) is 7.56. The molecule has 2 amide bonds. The van der Waals surface area contributed by atoms with Gasteiger partial charge < -0.3 is 10.2 Å². The Balaban J connectivity index is 1.56. The lowest BCUT2D eigenvalue weighted by molar-refractivity contribution is -0.141. The molecule has 0 aliphatic heterocycles. The molecule has 7 heteroatoms. The van der Waals surface area contributed by atoms with Gasteiger partial charge in [0.15, 0.2) is 0 Å². The molecular weight excluding hydrogens is 535 g/mol. The SMILES string of the molecule is O=C(NC1CCCCC1)[C@@H](Cc1ccccc1)N(Cc1cccc(Cl)c1)C(=O)CCSc1ccc(Cl)cc1. The van der Waals surface area contributed by atoms with Crippen molar-refractivity contribution in [2.45, 2.75) is 68.5 Å². The van der Waals surface area contributed by atoms with E-state index in [-0.39, 0.29) is 17.9 Å². The van der Waals surface area contributed by atoms with E-state index in [1.165, 1.54) is 6.42 Å². The predicted molar refractivity (Wildman–Crippen MR) is 158 cm³/mol. The zero-order valence-electron chi connectivity index (χ0n) is 21.5. The minimum atomic E-state index is -0.619. The Morgan fingerprint density at radius 3 is 2.29 bits per heavy atom. The van der Waals surface area contributed by atoms with Crippen LogP contribution in [0.25, 0.3) is 0 Å². The summed E-state index contributed by atoms with van der Waals surface area (Å²) < 4.78 is 0. The van der Waals surface area contributed by atoms with Crippen molar-refractivity contribution in [1.82, 2.24) is 10.2 Å². The molecular formula is C31H34Cl2N2O2S. The van der Waals surface area contributed by atoms with Crippen LogP contribution in [-0.4, -0.2) is 34.6 Å². The number of amides is 2. The van der Waals surface area contributed by atoms with E-state index in [1.807, 2.05) is 78.9 Å². The maximum Gasteiger partial charge on any atom is 0.243 e. The molecule has 4 rings (SSSR count). The van der Waals surface area contributed by atoms with Gasteiger partial charge in [0, 0.05) is 46.1 Å². The molecule has 4 nitrogen and oxygen atoms in total. The first kappa shape index (κ1) is 28.5. The van der Waals surface area contributed by atoms with Crippen molar-refractivity contribution in [1.29, 1.82) is 0 Å². The standard InChI is InChI=1S/C31H34Cl2N2O2S/c32-25-14-16-28(17-15-25)38-19-18-30(36)35(22-24-10-7-11-26(33)20-24)29(21-23-8-3-1-4-9-23)31(37)34-27-12-5-2-6-13-27/h1,3-4,7-11,14-17,20,27,29H,2,5-6,12-13,18-19,21-22H2,(H,34,37)/t29-/m1/s1. The molecule has 1 N–H and O–H groups in total. The molecule has 0 spiro atoms. The van der Waals surface area contributed by atoms with Gasteiger partial charge in [-0.05, 0) is 60.4 Å². The highest BCUT2D eigenvalue weighted by Gasteiger charge is 2.31. The Morgan fingerprint density at radius 1 is 0.868 bits per heavy atom. The molecule has 0 heterocycles. The van der Waals surface area contributed by atoms with Crippen LogP contribution in [0, 0.1) is 0 Å². The lowest BCUT2D eigenvalue weighted by Crippen LogP contribution is -2.52. The summed E-state index contributed by atoms with van der Waals surface area (Å²) in [6.45, 7) is 0.320. The average molecular weight is 570 g/mol. The van der Waals surface area contributed by atoms with Gasteiger partial charge >= 0.3 is 0 Å². The molecule has 0 aromatic heterocycles. The fourth-order valence-electron chi connectivity index (χ4n) is 4.86. The topological polar surface area (TPSA) is 49.4 Å². The normalized spacial score (nSPS) is 14.6. The average Bonchev–Trinajstić information content (AvgIpc) is 2.93. The summed E-state index contributed by atoms with van der Waals surface area (Å²) in [4.78, 5) is 30.4. The van der Waals surface area contributed by atoms with Crippen molar-refractivity contribution in [3.8, 4) is 0 Å². The molecule has 1 aliphatic rings. The molecule has 1 saturated carbocycles. The summed E-state index contributed by atoms with van der Waals surface area (Å²) in [6.07, 6.45) is 6.21. The van der Waals surface area contributed by atoms with Gasteiger partial charge in [-0.15, -0.1) is 11.8 Å². The van der Waals surface area contributed by atoms with Crippen LogP contribution < -0.4 is 5.32 Å². The van der Waals surface area contributed by atoms with Gasteiger partial charge in [-0.25, -0.2) is 0 Å². The maximum atomic E-state index is 13.8. The molecule has 0 unspecified atom stereocenters. The number of halogens is 2. The molecule has 1 fully saturated rings. The van der Waals surface area contributed by atoms with Gasteiger partial charge in [-0.2, -0.15) is 0 Å². The number of nitrogens with zero attached hydrogens (tertiary/aromatic N) is 1. The third-order valence-electron chi connectivity index (χ3n) is 6.86. The first-order valence-corrected chi connectivity index (χ1v) is 15.0. The third-order valence-corrected chi connectivity index (χ3v) is 8.36. The smallest absolute Gasteiger partial charge is 0.243 e. The van der Waals surface area contributed by atoms with Crippen molar-refractivity contribution in [3.05, 3.63) is 100 Å². The Hall–Kier alpha value is -2.47. The highest BCUT2D eigenvalue weighted by atomic mass is 35.5. The zero-order valence-corrected chi connectivity index (χ0v) is 23.8.